The van der Waals surface area contributed by atoms with Gasteiger partial charge in [-0.3, -0.25) is 9.10 Å². The molecule has 0 fully saturated rings. The van der Waals surface area contributed by atoms with E-state index < -0.39 is 10.0 Å². The fraction of sp³-hybridized carbons (Fsp3) is 0.348. The zero-order valence-corrected chi connectivity index (χ0v) is 20.1. The minimum absolute atomic E-state index is 0.0727. The number of ether oxygens (including phenoxy) is 1. The van der Waals surface area contributed by atoms with Crippen molar-refractivity contribution < 1.29 is 17.9 Å². The molecular formula is C23H27BrN2O4S. The standard InChI is InChI=1S/C23H27BrN2O4S/c1-17-8-10-19(11-9-17)26(16-23(27)25-15-18-6-4-3-5-7-18)31(28,29)20-12-13-22(30-2)21(24)14-20/h6,8-14H,3-5,7,15-16H2,1-2H3,(H,25,27). The third kappa shape index (κ3) is 5.89. The summed E-state index contributed by atoms with van der Waals surface area (Å²) < 4.78 is 33.8. The summed E-state index contributed by atoms with van der Waals surface area (Å²) in [6, 6.07) is 11.6. The summed E-state index contributed by atoms with van der Waals surface area (Å²) in [7, 11) is -2.47. The van der Waals surface area contributed by atoms with Crippen LogP contribution in [0.5, 0.6) is 5.75 Å². The lowest BCUT2D eigenvalue weighted by atomic mass is 10.00. The van der Waals surface area contributed by atoms with E-state index in [1.807, 2.05) is 19.1 Å². The van der Waals surface area contributed by atoms with Crippen LogP contribution >= 0.6 is 15.9 Å². The fourth-order valence-electron chi connectivity index (χ4n) is 3.42. The van der Waals surface area contributed by atoms with Gasteiger partial charge in [0.2, 0.25) is 5.91 Å². The van der Waals surface area contributed by atoms with Crippen molar-refractivity contribution in [2.75, 3.05) is 24.5 Å². The lowest BCUT2D eigenvalue weighted by Gasteiger charge is -2.25. The summed E-state index contributed by atoms with van der Waals surface area (Å²) in [5.74, 6) is 0.183. The maximum absolute atomic E-state index is 13.5. The molecule has 1 aliphatic rings. The Morgan fingerprint density at radius 1 is 1.16 bits per heavy atom. The molecule has 0 spiro atoms. The van der Waals surface area contributed by atoms with E-state index in [0.29, 0.717) is 22.5 Å². The molecular weight excluding hydrogens is 480 g/mol. The van der Waals surface area contributed by atoms with Crippen LogP contribution in [0.1, 0.15) is 31.2 Å². The number of nitrogens with zero attached hydrogens (tertiary/aromatic N) is 1. The van der Waals surface area contributed by atoms with Gasteiger partial charge in [0.15, 0.2) is 0 Å². The van der Waals surface area contributed by atoms with Gasteiger partial charge in [-0.05, 0) is 78.9 Å². The van der Waals surface area contributed by atoms with E-state index in [-0.39, 0.29) is 17.3 Å². The largest absolute Gasteiger partial charge is 0.496 e. The Morgan fingerprint density at radius 3 is 2.52 bits per heavy atom. The molecule has 0 bridgehead atoms. The van der Waals surface area contributed by atoms with Crippen LogP contribution in [-0.2, 0) is 14.8 Å². The lowest BCUT2D eigenvalue weighted by molar-refractivity contribution is -0.119. The average Bonchev–Trinajstić information content (AvgIpc) is 2.77. The van der Waals surface area contributed by atoms with Crippen molar-refractivity contribution in [1.29, 1.82) is 0 Å². The zero-order chi connectivity index (χ0) is 22.4. The summed E-state index contributed by atoms with van der Waals surface area (Å²) in [4.78, 5) is 12.8. The van der Waals surface area contributed by atoms with Crippen LogP contribution in [-0.4, -0.2) is 34.5 Å². The van der Waals surface area contributed by atoms with Crippen LogP contribution in [0.3, 0.4) is 0 Å². The summed E-state index contributed by atoms with van der Waals surface area (Å²) >= 11 is 3.34. The number of amides is 1. The molecule has 2 aromatic carbocycles. The predicted octanol–water partition coefficient (Wildman–Crippen LogP) is 4.58. The Hall–Kier alpha value is -2.32. The Bertz CT molecular complexity index is 1070. The van der Waals surface area contributed by atoms with Crippen LogP contribution in [0.15, 0.2) is 63.5 Å². The van der Waals surface area contributed by atoms with Crippen LogP contribution in [0.4, 0.5) is 5.69 Å². The molecule has 8 heteroatoms. The van der Waals surface area contributed by atoms with Gasteiger partial charge in [0.25, 0.3) is 10.0 Å². The second-order valence-corrected chi connectivity index (χ2v) is 10.2. The molecule has 0 heterocycles. The molecule has 0 saturated heterocycles. The number of carbonyl (C=O) groups excluding carboxylic acids is 1. The molecule has 1 amide bonds. The molecule has 166 valence electrons. The van der Waals surface area contributed by atoms with Crippen molar-refractivity contribution in [3.05, 3.63) is 64.1 Å². The van der Waals surface area contributed by atoms with E-state index in [1.54, 1.807) is 18.2 Å². The Balaban J connectivity index is 1.87. The van der Waals surface area contributed by atoms with E-state index in [9.17, 15) is 13.2 Å². The van der Waals surface area contributed by atoms with E-state index in [1.165, 1.54) is 31.2 Å². The first kappa shape index (κ1) is 23.3. The number of sulfonamides is 1. The first-order valence-corrected chi connectivity index (χ1v) is 12.4. The highest BCUT2D eigenvalue weighted by molar-refractivity contribution is 9.10. The molecule has 0 radical (unpaired) electrons. The van der Waals surface area contributed by atoms with E-state index in [2.05, 4.69) is 27.3 Å². The van der Waals surface area contributed by atoms with Crippen LogP contribution in [0.25, 0.3) is 0 Å². The predicted molar refractivity (Wildman–Crippen MR) is 126 cm³/mol. The number of rotatable bonds is 8. The summed E-state index contributed by atoms with van der Waals surface area (Å²) in [5.41, 5.74) is 2.63. The number of hydrogen-bond donors (Lipinski definition) is 1. The van der Waals surface area contributed by atoms with Gasteiger partial charge in [0.05, 0.1) is 22.2 Å². The highest BCUT2D eigenvalue weighted by Crippen LogP contribution is 2.30. The normalized spacial score (nSPS) is 14.0. The lowest BCUT2D eigenvalue weighted by Crippen LogP contribution is -2.41. The van der Waals surface area contributed by atoms with Gasteiger partial charge in [-0.2, -0.15) is 0 Å². The van der Waals surface area contributed by atoms with Crippen molar-refractivity contribution >= 4 is 37.5 Å². The molecule has 0 saturated carbocycles. The Labute approximate surface area is 192 Å². The van der Waals surface area contributed by atoms with E-state index in [4.69, 9.17) is 4.74 Å². The maximum atomic E-state index is 13.5. The van der Waals surface area contributed by atoms with Crippen LogP contribution < -0.4 is 14.4 Å². The Morgan fingerprint density at radius 2 is 1.90 bits per heavy atom. The third-order valence-corrected chi connectivity index (χ3v) is 7.61. The smallest absolute Gasteiger partial charge is 0.264 e. The number of nitrogens with one attached hydrogen (secondary N) is 1. The topological polar surface area (TPSA) is 75.7 Å². The molecule has 1 aliphatic carbocycles. The van der Waals surface area contributed by atoms with Gasteiger partial charge in [-0.1, -0.05) is 29.3 Å². The first-order chi connectivity index (χ1) is 14.8. The number of methoxy groups -OCH3 is 1. The number of allylic oxidation sites excluding steroid dienone is 1. The second-order valence-electron chi connectivity index (χ2n) is 7.53. The summed E-state index contributed by atoms with van der Waals surface area (Å²) in [6.45, 7) is 2.07. The molecule has 0 atom stereocenters. The number of aryl methyl sites for hydroxylation is 1. The summed E-state index contributed by atoms with van der Waals surface area (Å²) in [5, 5.41) is 2.87. The average molecular weight is 507 g/mol. The molecule has 2 aromatic rings. The highest BCUT2D eigenvalue weighted by Gasteiger charge is 2.28. The molecule has 0 aromatic heterocycles. The van der Waals surface area contributed by atoms with E-state index in [0.717, 1.165) is 29.1 Å². The molecule has 0 unspecified atom stereocenters. The quantitative estimate of drug-likeness (QED) is 0.531. The second kappa shape index (κ2) is 10.3. The van der Waals surface area contributed by atoms with Gasteiger partial charge in [0, 0.05) is 6.54 Å². The fourth-order valence-corrected chi connectivity index (χ4v) is 5.56. The number of hydrogen-bond acceptors (Lipinski definition) is 4. The number of carbonyl (C=O) groups is 1. The van der Waals surface area contributed by atoms with Gasteiger partial charge in [-0.15, -0.1) is 0 Å². The monoisotopic (exact) mass is 506 g/mol. The van der Waals surface area contributed by atoms with Gasteiger partial charge in [0.1, 0.15) is 12.3 Å². The zero-order valence-electron chi connectivity index (χ0n) is 17.7. The minimum atomic E-state index is -3.98. The number of benzene rings is 2. The molecule has 0 aliphatic heterocycles. The number of anilines is 1. The van der Waals surface area contributed by atoms with Crippen molar-refractivity contribution in [1.82, 2.24) is 5.32 Å². The molecule has 31 heavy (non-hydrogen) atoms. The van der Waals surface area contributed by atoms with Gasteiger partial charge < -0.3 is 10.1 Å². The van der Waals surface area contributed by atoms with Gasteiger partial charge in [-0.25, -0.2) is 8.42 Å². The molecule has 1 N–H and O–H groups in total. The van der Waals surface area contributed by atoms with Crippen molar-refractivity contribution in [2.24, 2.45) is 0 Å². The van der Waals surface area contributed by atoms with Crippen molar-refractivity contribution in [2.45, 2.75) is 37.5 Å². The molecule has 6 nitrogen and oxygen atoms in total. The van der Waals surface area contributed by atoms with Crippen LogP contribution in [0, 0.1) is 6.92 Å². The summed E-state index contributed by atoms with van der Waals surface area (Å²) in [6.07, 6.45) is 6.46. The van der Waals surface area contributed by atoms with Crippen molar-refractivity contribution in [3.63, 3.8) is 0 Å². The minimum Gasteiger partial charge on any atom is -0.496 e. The first-order valence-electron chi connectivity index (χ1n) is 10.2. The third-order valence-electron chi connectivity index (χ3n) is 5.22. The van der Waals surface area contributed by atoms with E-state index >= 15 is 0 Å². The molecule has 3 rings (SSSR count). The van der Waals surface area contributed by atoms with Crippen molar-refractivity contribution in [3.8, 4) is 5.75 Å². The van der Waals surface area contributed by atoms with Crippen LogP contribution in [0.2, 0.25) is 0 Å². The maximum Gasteiger partial charge on any atom is 0.264 e. The Kier molecular flexibility index (Phi) is 7.78. The van der Waals surface area contributed by atoms with Gasteiger partial charge >= 0.3 is 0 Å². The highest BCUT2D eigenvalue weighted by atomic mass is 79.9. The SMILES string of the molecule is COc1ccc(S(=O)(=O)N(CC(=O)NCC2=CCCCC2)c2ccc(C)cc2)cc1Br. The number of halogens is 1.